The van der Waals surface area contributed by atoms with E-state index in [2.05, 4.69) is 9.97 Å². The number of ether oxygens (including phenoxy) is 1. The summed E-state index contributed by atoms with van der Waals surface area (Å²) in [4.78, 5) is 7.99. The summed E-state index contributed by atoms with van der Waals surface area (Å²) in [5.74, 6) is 0. The largest absolute Gasteiger partial charge is 0.376 e. The van der Waals surface area contributed by atoms with Crippen LogP contribution in [-0.4, -0.2) is 22.7 Å². The first-order valence-electron chi connectivity index (χ1n) is 5.34. The fourth-order valence-electron chi connectivity index (χ4n) is 2.39. The van der Waals surface area contributed by atoms with Crippen LogP contribution in [0.25, 0.3) is 0 Å². The average Bonchev–Trinajstić information content (AvgIpc) is 2.79. The van der Waals surface area contributed by atoms with Gasteiger partial charge in [-0.3, -0.25) is 0 Å². The minimum absolute atomic E-state index is 0.119. The lowest BCUT2D eigenvalue weighted by Crippen LogP contribution is -2.40. The molecule has 1 saturated carbocycles. The third kappa shape index (κ3) is 1.87. The van der Waals surface area contributed by atoms with E-state index in [1.807, 2.05) is 0 Å². The van der Waals surface area contributed by atoms with Crippen molar-refractivity contribution in [2.75, 3.05) is 7.11 Å². The molecule has 1 aromatic rings. The number of rotatable bonds is 3. The molecule has 2 N–H and O–H groups in total. The van der Waals surface area contributed by atoms with Gasteiger partial charge in [-0.25, -0.2) is 9.97 Å². The molecule has 0 amide bonds. The van der Waals surface area contributed by atoms with Gasteiger partial charge in [0.05, 0.1) is 11.6 Å². The molecule has 82 valence electrons. The first kappa shape index (κ1) is 10.5. The van der Waals surface area contributed by atoms with Crippen LogP contribution in [-0.2, 0) is 4.74 Å². The summed E-state index contributed by atoms with van der Waals surface area (Å²) in [6, 6.07) is -0.119. The highest BCUT2D eigenvalue weighted by Gasteiger charge is 2.40. The zero-order valence-corrected chi connectivity index (χ0v) is 9.02. The Hall–Kier alpha value is -1.00. The van der Waals surface area contributed by atoms with E-state index in [0.717, 1.165) is 18.4 Å². The third-order valence-corrected chi connectivity index (χ3v) is 3.36. The fraction of sp³-hybridized carbons (Fsp3) is 0.636. The van der Waals surface area contributed by atoms with Crippen molar-refractivity contribution in [3.05, 3.63) is 24.3 Å². The second-order valence-corrected chi connectivity index (χ2v) is 4.13. The Labute approximate surface area is 89.9 Å². The molecular formula is C11H17N3O. The van der Waals surface area contributed by atoms with Gasteiger partial charge in [-0.1, -0.05) is 12.8 Å². The van der Waals surface area contributed by atoms with Crippen molar-refractivity contribution in [3.63, 3.8) is 0 Å². The molecule has 0 spiro atoms. The minimum Gasteiger partial charge on any atom is -0.376 e. The highest BCUT2D eigenvalue weighted by Crippen LogP contribution is 2.40. The van der Waals surface area contributed by atoms with Crippen molar-refractivity contribution < 1.29 is 4.74 Å². The summed E-state index contributed by atoms with van der Waals surface area (Å²) in [7, 11) is 1.75. The Balaban J connectivity index is 2.22. The highest BCUT2D eigenvalue weighted by molar-refractivity contribution is 5.15. The van der Waals surface area contributed by atoms with Crippen molar-refractivity contribution in [2.45, 2.75) is 37.3 Å². The number of aromatic nitrogens is 2. The Morgan fingerprint density at radius 1 is 1.33 bits per heavy atom. The van der Waals surface area contributed by atoms with E-state index in [0.29, 0.717) is 0 Å². The van der Waals surface area contributed by atoms with Crippen LogP contribution >= 0.6 is 0 Å². The summed E-state index contributed by atoms with van der Waals surface area (Å²) in [5, 5.41) is 0. The first-order valence-corrected chi connectivity index (χ1v) is 5.34. The molecule has 2 rings (SSSR count). The van der Waals surface area contributed by atoms with Crippen LogP contribution in [0.5, 0.6) is 0 Å². The van der Waals surface area contributed by atoms with Crippen molar-refractivity contribution in [1.82, 2.24) is 9.97 Å². The molecular weight excluding hydrogens is 190 g/mol. The zero-order valence-electron chi connectivity index (χ0n) is 9.02. The molecule has 1 aliphatic rings. The van der Waals surface area contributed by atoms with Crippen molar-refractivity contribution in [3.8, 4) is 0 Å². The standard InChI is InChI=1S/C11H17N3O/c1-15-11(4-2-3-5-11)10(12)9-6-13-8-14-7-9/h6-8,10H,2-5,12H2,1H3. The van der Waals surface area contributed by atoms with Gasteiger partial charge in [0.25, 0.3) is 0 Å². The highest BCUT2D eigenvalue weighted by atomic mass is 16.5. The molecule has 15 heavy (non-hydrogen) atoms. The molecule has 1 atom stereocenters. The molecule has 0 aliphatic heterocycles. The predicted octanol–water partition coefficient (Wildman–Crippen LogP) is 1.44. The maximum atomic E-state index is 6.24. The van der Waals surface area contributed by atoms with Crippen LogP contribution in [0.1, 0.15) is 37.3 Å². The predicted molar refractivity (Wildman–Crippen MR) is 57.2 cm³/mol. The smallest absolute Gasteiger partial charge is 0.115 e. The van der Waals surface area contributed by atoms with Gasteiger partial charge in [0, 0.05) is 25.1 Å². The lowest BCUT2D eigenvalue weighted by Gasteiger charge is -2.33. The van der Waals surface area contributed by atoms with Crippen molar-refractivity contribution in [2.24, 2.45) is 5.73 Å². The van der Waals surface area contributed by atoms with Crippen LogP contribution in [0.4, 0.5) is 0 Å². The molecule has 0 aromatic carbocycles. The molecule has 0 saturated heterocycles. The lowest BCUT2D eigenvalue weighted by molar-refractivity contribution is -0.0265. The monoisotopic (exact) mass is 207 g/mol. The van der Waals surface area contributed by atoms with E-state index < -0.39 is 0 Å². The summed E-state index contributed by atoms with van der Waals surface area (Å²) in [5.41, 5.74) is 7.00. The van der Waals surface area contributed by atoms with Crippen molar-refractivity contribution in [1.29, 1.82) is 0 Å². The van der Waals surface area contributed by atoms with E-state index in [9.17, 15) is 0 Å². The molecule has 0 bridgehead atoms. The molecule has 1 unspecified atom stereocenters. The van der Waals surface area contributed by atoms with Crippen LogP contribution in [0, 0.1) is 0 Å². The van der Waals surface area contributed by atoms with Gasteiger partial charge in [-0.05, 0) is 12.8 Å². The van der Waals surface area contributed by atoms with E-state index in [1.165, 1.54) is 19.2 Å². The number of nitrogens with zero attached hydrogens (tertiary/aromatic N) is 2. The molecule has 0 radical (unpaired) electrons. The molecule has 1 aromatic heterocycles. The molecule has 4 nitrogen and oxygen atoms in total. The van der Waals surface area contributed by atoms with Gasteiger partial charge < -0.3 is 10.5 Å². The number of methoxy groups -OCH3 is 1. The normalized spacial score (nSPS) is 21.5. The maximum Gasteiger partial charge on any atom is 0.115 e. The van der Waals surface area contributed by atoms with Crippen LogP contribution in [0.3, 0.4) is 0 Å². The van der Waals surface area contributed by atoms with E-state index >= 15 is 0 Å². The number of nitrogens with two attached hydrogens (primary N) is 1. The summed E-state index contributed by atoms with van der Waals surface area (Å²) in [6.45, 7) is 0. The summed E-state index contributed by atoms with van der Waals surface area (Å²) in [6.07, 6.45) is 9.50. The number of hydrogen-bond donors (Lipinski definition) is 1. The molecule has 4 heteroatoms. The van der Waals surface area contributed by atoms with E-state index in [4.69, 9.17) is 10.5 Å². The molecule has 1 aliphatic carbocycles. The lowest BCUT2D eigenvalue weighted by atomic mass is 9.89. The van der Waals surface area contributed by atoms with Gasteiger partial charge in [0.1, 0.15) is 6.33 Å². The van der Waals surface area contributed by atoms with Gasteiger partial charge in [0.2, 0.25) is 0 Å². The first-order chi connectivity index (χ1) is 7.28. The SMILES string of the molecule is COC1(C(N)c2cncnc2)CCCC1. The van der Waals surface area contributed by atoms with E-state index in [-0.39, 0.29) is 11.6 Å². The van der Waals surface area contributed by atoms with Crippen LogP contribution < -0.4 is 5.73 Å². The van der Waals surface area contributed by atoms with Gasteiger partial charge in [-0.15, -0.1) is 0 Å². The topological polar surface area (TPSA) is 61.0 Å². The average molecular weight is 207 g/mol. The second kappa shape index (κ2) is 4.24. The zero-order chi connectivity index (χ0) is 10.7. The Kier molecular flexibility index (Phi) is 2.98. The Morgan fingerprint density at radius 3 is 2.47 bits per heavy atom. The summed E-state index contributed by atoms with van der Waals surface area (Å²) >= 11 is 0. The van der Waals surface area contributed by atoms with Crippen molar-refractivity contribution >= 4 is 0 Å². The molecule has 1 heterocycles. The molecule has 1 fully saturated rings. The summed E-state index contributed by atoms with van der Waals surface area (Å²) < 4.78 is 5.63. The van der Waals surface area contributed by atoms with Gasteiger partial charge in [0.15, 0.2) is 0 Å². The Morgan fingerprint density at radius 2 is 1.93 bits per heavy atom. The van der Waals surface area contributed by atoms with E-state index in [1.54, 1.807) is 19.5 Å². The third-order valence-electron chi connectivity index (χ3n) is 3.36. The maximum absolute atomic E-state index is 6.24. The van der Waals surface area contributed by atoms with Crippen LogP contribution in [0.15, 0.2) is 18.7 Å². The fourth-order valence-corrected chi connectivity index (χ4v) is 2.39. The Bertz CT molecular complexity index is 309. The second-order valence-electron chi connectivity index (χ2n) is 4.13. The van der Waals surface area contributed by atoms with Gasteiger partial charge >= 0.3 is 0 Å². The minimum atomic E-state index is -0.204. The number of hydrogen-bond acceptors (Lipinski definition) is 4. The van der Waals surface area contributed by atoms with Crippen LogP contribution in [0.2, 0.25) is 0 Å². The quantitative estimate of drug-likeness (QED) is 0.814. The van der Waals surface area contributed by atoms with Gasteiger partial charge in [-0.2, -0.15) is 0 Å².